The molecule has 0 bridgehead atoms. The van der Waals surface area contributed by atoms with E-state index in [4.69, 9.17) is 0 Å². The number of hydrogen-bond donors (Lipinski definition) is 2. The highest BCUT2D eigenvalue weighted by Gasteiger charge is 2.41. The van der Waals surface area contributed by atoms with Crippen LogP contribution in [0.5, 0.6) is 5.75 Å². The van der Waals surface area contributed by atoms with Gasteiger partial charge in [-0.2, -0.15) is 0 Å². The number of hydrogen-bond acceptors (Lipinski definition) is 4. The third-order valence-corrected chi connectivity index (χ3v) is 5.23. The first-order valence-electron chi connectivity index (χ1n) is 4.67. The summed E-state index contributed by atoms with van der Waals surface area (Å²) in [5.41, 5.74) is 0.317. The lowest BCUT2D eigenvalue weighted by atomic mass is 10.2. The van der Waals surface area contributed by atoms with Gasteiger partial charge >= 0.3 is 0 Å². The number of anilines is 1. The van der Waals surface area contributed by atoms with E-state index in [2.05, 4.69) is 5.32 Å². The molecule has 0 spiro atoms. The second-order valence-corrected chi connectivity index (χ2v) is 6.82. The summed E-state index contributed by atoms with van der Waals surface area (Å²) in [6.45, 7) is 3.64. The smallest absolute Gasteiger partial charge is 0.187 e. The van der Waals surface area contributed by atoms with Crippen LogP contribution in [0.3, 0.4) is 0 Å². The Morgan fingerprint density at radius 1 is 1.40 bits per heavy atom. The van der Waals surface area contributed by atoms with Crippen LogP contribution in [-0.4, -0.2) is 24.8 Å². The van der Waals surface area contributed by atoms with Crippen LogP contribution in [0.4, 0.5) is 5.69 Å². The molecule has 1 aromatic rings. The number of rotatable bonds is 0. The number of phenolic OH excluding ortho intramolecular Hbond substituents is 1. The average Bonchev–Trinajstić information content (AvgIpc) is 2.13. The van der Waals surface area contributed by atoms with Crippen molar-refractivity contribution < 1.29 is 13.5 Å². The summed E-state index contributed by atoms with van der Waals surface area (Å²) in [5, 5.41) is 12.5. The predicted molar refractivity (Wildman–Crippen MR) is 57.9 cm³/mol. The lowest BCUT2D eigenvalue weighted by Crippen LogP contribution is -2.42. The molecule has 15 heavy (non-hydrogen) atoms. The summed E-state index contributed by atoms with van der Waals surface area (Å²) in [5.74, 6) is -0.0217. The van der Waals surface area contributed by atoms with Crippen LogP contribution in [0, 0.1) is 0 Å². The molecule has 0 radical (unpaired) electrons. The summed E-state index contributed by atoms with van der Waals surface area (Å²) in [7, 11) is -3.37. The van der Waals surface area contributed by atoms with Crippen LogP contribution < -0.4 is 5.32 Å². The van der Waals surface area contributed by atoms with Crippen molar-refractivity contribution >= 4 is 15.5 Å². The fourth-order valence-electron chi connectivity index (χ4n) is 1.62. The van der Waals surface area contributed by atoms with Crippen molar-refractivity contribution in [2.45, 2.75) is 23.5 Å². The van der Waals surface area contributed by atoms with Crippen LogP contribution in [0.1, 0.15) is 13.8 Å². The molecule has 2 N–H and O–H groups in total. The maximum atomic E-state index is 12.1. The fraction of sp³-hybridized carbons (Fsp3) is 0.400. The number of aromatic hydroxyl groups is 1. The Balaban J connectivity index is 2.75. The number of nitrogens with one attached hydrogen (secondary N) is 1. The molecular formula is C10H13NO3S. The van der Waals surface area contributed by atoms with Crippen molar-refractivity contribution in [2.75, 3.05) is 11.9 Å². The molecule has 1 aliphatic rings. The van der Waals surface area contributed by atoms with Gasteiger partial charge in [-0.25, -0.2) is 8.42 Å². The number of sulfone groups is 1. The Morgan fingerprint density at radius 3 is 2.73 bits per heavy atom. The third kappa shape index (κ3) is 1.30. The van der Waals surface area contributed by atoms with Crippen molar-refractivity contribution in [2.24, 2.45) is 0 Å². The molecule has 0 amide bonds. The van der Waals surface area contributed by atoms with Crippen LogP contribution >= 0.6 is 0 Å². The van der Waals surface area contributed by atoms with Gasteiger partial charge in [-0.15, -0.1) is 0 Å². The maximum Gasteiger partial charge on any atom is 0.187 e. The summed E-state index contributed by atoms with van der Waals surface area (Å²) in [4.78, 5) is 0.179. The Morgan fingerprint density at radius 2 is 2.07 bits per heavy atom. The van der Waals surface area contributed by atoms with E-state index < -0.39 is 14.6 Å². The van der Waals surface area contributed by atoms with Gasteiger partial charge in [0.15, 0.2) is 9.84 Å². The van der Waals surface area contributed by atoms with Crippen molar-refractivity contribution in [3.05, 3.63) is 18.2 Å². The molecule has 82 valence electrons. The van der Waals surface area contributed by atoms with Gasteiger partial charge in [0.1, 0.15) is 5.75 Å². The van der Waals surface area contributed by atoms with Crippen LogP contribution in [0.25, 0.3) is 0 Å². The molecule has 5 heteroatoms. The van der Waals surface area contributed by atoms with Crippen molar-refractivity contribution in [1.29, 1.82) is 0 Å². The van der Waals surface area contributed by atoms with Crippen molar-refractivity contribution in [3.8, 4) is 5.75 Å². The van der Waals surface area contributed by atoms with E-state index in [1.807, 2.05) is 0 Å². The fourth-order valence-corrected chi connectivity index (χ4v) is 3.18. The molecule has 0 atom stereocenters. The second kappa shape index (κ2) is 2.88. The van der Waals surface area contributed by atoms with E-state index in [1.54, 1.807) is 13.8 Å². The van der Waals surface area contributed by atoms with Crippen LogP contribution in [0.15, 0.2) is 23.1 Å². The minimum Gasteiger partial charge on any atom is -0.506 e. The summed E-state index contributed by atoms with van der Waals surface area (Å²) < 4.78 is 23.4. The molecule has 0 unspecified atom stereocenters. The van der Waals surface area contributed by atoms with Crippen LogP contribution in [-0.2, 0) is 9.84 Å². The lowest BCUT2D eigenvalue weighted by molar-refractivity contribution is 0.472. The zero-order valence-corrected chi connectivity index (χ0v) is 9.43. The second-order valence-electron chi connectivity index (χ2n) is 4.27. The van der Waals surface area contributed by atoms with Crippen LogP contribution in [0.2, 0.25) is 0 Å². The van der Waals surface area contributed by atoms with E-state index in [0.29, 0.717) is 12.2 Å². The van der Waals surface area contributed by atoms with Gasteiger partial charge in [-0.3, -0.25) is 0 Å². The molecule has 0 saturated heterocycles. The molecule has 1 aromatic carbocycles. The first-order valence-corrected chi connectivity index (χ1v) is 6.15. The Labute approximate surface area is 88.9 Å². The molecule has 0 aromatic heterocycles. The topological polar surface area (TPSA) is 66.4 Å². The molecule has 2 rings (SSSR count). The zero-order chi connectivity index (χ0) is 11.3. The minimum atomic E-state index is -3.37. The zero-order valence-electron chi connectivity index (χ0n) is 8.61. The lowest BCUT2D eigenvalue weighted by Gasteiger charge is -2.32. The first kappa shape index (κ1) is 10.3. The summed E-state index contributed by atoms with van der Waals surface area (Å²) in [6, 6.07) is 4.52. The number of benzene rings is 1. The van der Waals surface area contributed by atoms with Gasteiger partial charge in [0.05, 0.1) is 15.3 Å². The Hall–Kier alpha value is -1.23. The molecule has 4 nitrogen and oxygen atoms in total. The summed E-state index contributed by atoms with van der Waals surface area (Å²) in [6.07, 6.45) is 0. The quantitative estimate of drug-likeness (QED) is 0.657. The average molecular weight is 227 g/mol. The minimum absolute atomic E-state index is 0.0217. The highest BCUT2D eigenvalue weighted by molar-refractivity contribution is 7.93. The molecule has 1 heterocycles. The molecular weight excluding hydrogens is 214 g/mol. The number of para-hydroxylation sites is 1. The molecule has 0 aliphatic carbocycles. The van der Waals surface area contributed by atoms with Gasteiger partial charge in [-0.1, -0.05) is 6.07 Å². The van der Waals surface area contributed by atoms with Gasteiger partial charge in [-0.05, 0) is 26.0 Å². The Kier molecular flexibility index (Phi) is 1.98. The van der Waals surface area contributed by atoms with E-state index >= 15 is 0 Å². The summed E-state index contributed by atoms with van der Waals surface area (Å²) >= 11 is 0. The van der Waals surface area contributed by atoms with Gasteiger partial charge in [0.25, 0.3) is 0 Å². The van der Waals surface area contributed by atoms with E-state index in [-0.39, 0.29) is 10.6 Å². The standard InChI is InChI=1S/C10H13NO3S/c1-10(2)6-11-9-7(12)4-3-5-8(9)15(10,13)14/h3-5,11-12H,6H2,1-2H3. The van der Waals surface area contributed by atoms with Gasteiger partial charge in [0, 0.05) is 6.54 Å². The van der Waals surface area contributed by atoms with Crippen molar-refractivity contribution in [3.63, 3.8) is 0 Å². The highest BCUT2D eigenvalue weighted by Crippen LogP contribution is 2.39. The van der Waals surface area contributed by atoms with Crippen molar-refractivity contribution in [1.82, 2.24) is 0 Å². The predicted octanol–water partition coefficient (Wildman–Crippen LogP) is 1.37. The van der Waals surface area contributed by atoms with E-state index in [9.17, 15) is 13.5 Å². The monoisotopic (exact) mass is 227 g/mol. The van der Waals surface area contributed by atoms with Gasteiger partial charge < -0.3 is 10.4 Å². The number of fused-ring (bicyclic) bond motifs is 1. The first-order chi connectivity index (χ1) is 6.86. The SMILES string of the molecule is CC1(C)CNc2c(O)cccc2S1(=O)=O. The highest BCUT2D eigenvalue weighted by atomic mass is 32.2. The normalized spacial score (nSPS) is 21.5. The molecule has 0 saturated carbocycles. The largest absolute Gasteiger partial charge is 0.506 e. The molecule has 1 aliphatic heterocycles. The maximum absolute atomic E-state index is 12.1. The third-order valence-electron chi connectivity index (χ3n) is 2.71. The Bertz CT molecular complexity index is 505. The molecule has 0 fully saturated rings. The van der Waals surface area contributed by atoms with E-state index in [0.717, 1.165) is 0 Å². The van der Waals surface area contributed by atoms with Gasteiger partial charge in [0.2, 0.25) is 0 Å². The van der Waals surface area contributed by atoms with E-state index in [1.165, 1.54) is 18.2 Å². The number of phenols is 1.